The molecule has 0 aromatic heterocycles. The van der Waals surface area contributed by atoms with Crippen LogP contribution in [0.4, 0.5) is 0 Å². The molecule has 4 heteroatoms. The van der Waals surface area contributed by atoms with E-state index >= 15 is 0 Å². The van der Waals surface area contributed by atoms with Gasteiger partial charge in [0, 0.05) is 6.54 Å². The van der Waals surface area contributed by atoms with Gasteiger partial charge in [-0.05, 0) is 37.0 Å². The largest absolute Gasteiger partial charge is 0.329 e. The number of rotatable bonds is 5. The van der Waals surface area contributed by atoms with Crippen molar-refractivity contribution < 1.29 is 8.42 Å². The molecule has 0 fully saturated rings. The van der Waals surface area contributed by atoms with Crippen LogP contribution in [0.3, 0.4) is 0 Å². The van der Waals surface area contributed by atoms with Gasteiger partial charge in [-0.15, -0.1) is 0 Å². The Labute approximate surface area is 97.6 Å². The maximum Gasteiger partial charge on any atom is 0.151 e. The topological polar surface area (TPSA) is 60.2 Å². The summed E-state index contributed by atoms with van der Waals surface area (Å²) in [6, 6.07) is 6.06. The van der Waals surface area contributed by atoms with E-state index in [2.05, 4.69) is 0 Å². The summed E-state index contributed by atoms with van der Waals surface area (Å²) in [4.78, 5) is 0. The third-order valence-electron chi connectivity index (χ3n) is 2.70. The highest BCUT2D eigenvalue weighted by molar-refractivity contribution is 7.91. The van der Waals surface area contributed by atoms with Gasteiger partial charge in [-0.1, -0.05) is 18.2 Å². The fraction of sp³-hybridized carbons (Fsp3) is 0.500. The lowest BCUT2D eigenvalue weighted by molar-refractivity contribution is 0.595. The number of nitrogens with two attached hydrogens (primary N) is 1. The van der Waals surface area contributed by atoms with E-state index in [1.807, 2.05) is 32.0 Å². The van der Waals surface area contributed by atoms with Gasteiger partial charge in [0.1, 0.15) is 0 Å². The summed E-state index contributed by atoms with van der Waals surface area (Å²) in [5.41, 5.74) is 8.75. The highest BCUT2D eigenvalue weighted by Gasteiger charge is 2.09. The predicted octanol–water partition coefficient (Wildman–Crippen LogP) is 1.22. The van der Waals surface area contributed by atoms with Crippen LogP contribution in [0.1, 0.15) is 16.7 Å². The third-order valence-corrected chi connectivity index (χ3v) is 4.39. The molecule has 3 nitrogen and oxygen atoms in total. The summed E-state index contributed by atoms with van der Waals surface area (Å²) < 4.78 is 23.0. The van der Waals surface area contributed by atoms with Crippen LogP contribution in [0.2, 0.25) is 0 Å². The molecule has 0 saturated carbocycles. The van der Waals surface area contributed by atoms with E-state index in [4.69, 9.17) is 5.73 Å². The molecule has 0 amide bonds. The normalized spacial score (nSPS) is 11.7. The third kappa shape index (κ3) is 3.94. The molecule has 0 aliphatic heterocycles. The summed E-state index contributed by atoms with van der Waals surface area (Å²) >= 11 is 0. The van der Waals surface area contributed by atoms with Crippen molar-refractivity contribution in [3.8, 4) is 0 Å². The summed E-state index contributed by atoms with van der Waals surface area (Å²) in [7, 11) is -2.98. The Morgan fingerprint density at radius 2 is 1.81 bits per heavy atom. The molecule has 0 bridgehead atoms. The monoisotopic (exact) mass is 241 g/mol. The predicted molar refractivity (Wildman–Crippen MR) is 67.3 cm³/mol. The van der Waals surface area contributed by atoms with Crippen molar-refractivity contribution in [2.24, 2.45) is 5.73 Å². The van der Waals surface area contributed by atoms with Crippen molar-refractivity contribution in [3.63, 3.8) is 0 Å². The van der Waals surface area contributed by atoms with Crippen LogP contribution in [0, 0.1) is 13.8 Å². The Bertz CT molecular complexity index is 452. The average Bonchev–Trinajstić information content (AvgIpc) is 2.20. The molecule has 1 aromatic rings. The van der Waals surface area contributed by atoms with Crippen molar-refractivity contribution >= 4 is 9.84 Å². The molecule has 1 aromatic carbocycles. The van der Waals surface area contributed by atoms with E-state index in [9.17, 15) is 8.42 Å². The SMILES string of the molecule is Cc1ccc(CCS(=O)(=O)CCN)cc1C. The first kappa shape index (κ1) is 13.2. The van der Waals surface area contributed by atoms with Gasteiger partial charge < -0.3 is 5.73 Å². The second-order valence-corrected chi connectivity index (χ2v) is 6.41. The Morgan fingerprint density at radius 1 is 1.12 bits per heavy atom. The fourth-order valence-corrected chi connectivity index (χ4v) is 2.62. The first-order valence-electron chi connectivity index (χ1n) is 5.41. The van der Waals surface area contributed by atoms with Gasteiger partial charge in [0.05, 0.1) is 11.5 Å². The molecule has 0 aliphatic rings. The zero-order chi connectivity index (χ0) is 12.2. The molecule has 0 heterocycles. The summed E-state index contributed by atoms with van der Waals surface area (Å²) in [5.74, 6) is 0.268. The molecule has 0 aliphatic carbocycles. The second kappa shape index (κ2) is 5.46. The Balaban J connectivity index is 2.65. The van der Waals surface area contributed by atoms with E-state index in [1.165, 1.54) is 11.1 Å². The average molecular weight is 241 g/mol. The summed E-state index contributed by atoms with van der Waals surface area (Å²) in [5, 5.41) is 0. The molecule has 2 N–H and O–H groups in total. The Hall–Kier alpha value is -0.870. The second-order valence-electron chi connectivity index (χ2n) is 4.11. The minimum absolute atomic E-state index is 0.0812. The van der Waals surface area contributed by atoms with Crippen molar-refractivity contribution in [1.29, 1.82) is 0 Å². The van der Waals surface area contributed by atoms with Gasteiger partial charge in [0.2, 0.25) is 0 Å². The maximum absolute atomic E-state index is 11.5. The number of sulfone groups is 1. The van der Waals surface area contributed by atoms with Gasteiger partial charge in [-0.25, -0.2) is 8.42 Å². The molecule has 0 unspecified atom stereocenters. The Kier molecular flexibility index (Phi) is 4.50. The molecule has 0 atom stereocenters. The van der Waals surface area contributed by atoms with E-state index in [1.54, 1.807) is 0 Å². The summed E-state index contributed by atoms with van der Waals surface area (Å²) in [6.45, 7) is 4.28. The van der Waals surface area contributed by atoms with Crippen molar-refractivity contribution in [2.45, 2.75) is 20.3 Å². The molecule has 16 heavy (non-hydrogen) atoms. The number of hydrogen-bond donors (Lipinski definition) is 1. The first-order valence-corrected chi connectivity index (χ1v) is 7.23. The zero-order valence-electron chi connectivity index (χ0n) is 9.86. The lowest BCUT2D eigenvalue weighted by Crippen LogP contribution is -2.19. The lowest BCUT2D eigenvalue weighted by atomic mass is 10.1. The van der Waals surface area contributed by atoms with E-state index in [-0.39, 0.29) is 18.1 Å². The Morgan fingerprint density at radius 3 is 2.38 bits per heavy atom. The minimum Gasteiger partial charge on any atom is -0.329 e. The molecular weight excluding hydrogens is 222 g/mol. The van der Waals surface area contributed by atoms with Crippen molar-refractivity contribution in [1.82, 2.24) is 0 Å². The smallest absolute Gasteiger partial charge is 0.151 e. The number of hydrogen-bond acceptors (Lipinski definition) is 3. The highest BCUT2D eigenvalue weighted by atomic mass is 32.2. The van der Waals surface area contributed by atoms with E-state index in [0.29, 0.717) is 6.42 Å². The van der Waals surface area contributed by atoms with Crippen LogP contribution >= 0.6 is 0 Å². The van der Waals surface area contributed by atoms with Crippen LogP contribution in [0.5, 0.6) is 0 Å². The molecule has 0 saturated heterocycles. The van der Waals surface area contributed by atoms with E-state index in [0.717, 1.165) is 5.56 Å². The molecule has 1 rings (SSSR count). The quantitative estimate of drug-likeness (QED) is 0.843. The minimum atomic E-state index is -2.98. The van der Waals surface area contributed by atoms with Crippen molar-refractivity contribution in [3.05, 3.63) is 34.9 Å². The van der Waals surface area contributed by atoms with Gasteiger partial charge >= 0.3 is 0 Å². The van der Waals surface area contributed by atoms with E-state index < -0.39 is 9.84 Å². The van der Waals surface area contributed by atoms with Crippen LogP contribution in [-0.4, -0.2) is 26.5 Å². The lowest BCUT2D eigenvalue weighted by Gasteiger charge is -2.06. The van der Waals surface area contributed by atoms with Gasteiger partial charge in [0.25, 0.3) is 0 Å². The fourth-order valence-electron chi connectivity index (χ4n) is 1.51. The first-order chi connectivity index (χ1) is 7.44. The van der Waals surface area contributed by atoms with Gasteiger partial charge in [-0.3, -0.25) is 0 Å². The van der Waals surface area contributed by atoms with Crippen molar-refractivity contribution in [2.75, 3.05) is 18.1 Å². The molecule has 0 spiro atoms. The zero-order valence-corrected chi connectivity index (χ0v) is 10.7. The maximum atomic E-state index is 11.5. The molecular formula is C12H19NO2S. The standard InChI is InChI=1S/C12H19NO2S/c1-10-3-4-12(9-11(10)2)5-7-16(14,15)8-6-13/h3-4,9H,5-8,13H2,1-2H3. The van der Waals surface area contributed by atoms with Crippen LogP contribution in [0.25, 0.3) is 0 Å². The van der Waals surface area contributed by atoms with Crippen LogP contribution < -0.4 is 5.73 Å². The number of aryl methyl sites for hydroxylation is 3. The van der Waals surface area contributed by atoms with Gasteiger partial charge in [0.15, 0.2) is 9.84 Å². The summed E-state index contributed by atoms with van der Waals surface area (Å²) in [6.07, 6.45) is 0.573. The molecule has 90 valence electrons. The molecule has 0 radical (unpaired) electrons. The van der Waals surface area contributed by atoms with Crippen LogP contribution in [0.15, 0.2) is 18.2 Å². The van der Waals surface area contributed by atoms with Gasteiger partial charge in [-0.2, -0.15) is 0 Å². The van der Waals surface area contributed by atoms with Crippen LogP contribution in [-0.2, 0) is 16.3 Å². The highest BCUT2D eigenvalue weighted by Crippen LogP contribution is 2.11. The number of benzene rings is 1.